The van der Waals surface area contributed by atoms with Gasteiger partial charge in [-0.2, -0.15) is 0 Å². The molecule has 1 aromatic rings. The summed E-state index contributed by atoms with van der Waals surface area (Å²) in [7, 11) is 0. The Labute approximate surface area is 96.9 Å². The zero-order valence-corrected chi connectivity index (χ0v) is 9.85. The van der Waals surface area contributed by atoms with Crippen LogP contribution < -0.4 is 0 Å². The molecule has 1 saturated heterocycles. The number of hydrogen-bond donors (Lipinski definition) is 1. The molecule has 14 heavy (non-hydrogen) atoms. The molecule has 0 unspecified atom stereocenters. The van der Waals surface area contributed by atoms with Gasteiger partial charge in [-0.1, -0.05) is 23.2 Å². The lowest BCUT2D eigenvalue weighted by atomic mass is 10.3. The number of thiophene rings is 1. The van der Waals surface area contributed by atoms with Crippen LogP contribution in [0.1, 0.15) is 18.4 Å². The van der Waals surface area contributed by atoms with Crippen molar-refractivity contribution in [2.45, 2.75) is 19.4 Å². The molecule has 0 spiro atoms. The average Bonchev–Trinajstić information content (AvgIpc) is 2.62. The van der Waals surface area contributed by atoms with E-state index in [0.717, 1.165) is 40.2 Å². The van der Waals surface area contributed by atoms with E-state index in [-0.39, 0.29) is 0 Å². The average molecular weight is 249 g/mol. The quantitative estimate of drug-likeness (QED) is 0.851. The van der Waals surface area contributed by atoms with Gasteiger partial charge in [0.25, 0.3) is 0 Å². The molecule has 0 aliphatic carbocycles. The first-order valence-electron chi connectivity index (χ1n) is 4.43. The van der Waals surface area contributed by atoms with Crippen LogP contribution in [0.5, 0.6) is 0 Å². The number of rotatable bonds is 2. The Morgan fingerprint density at radius 3 is 2.79 bits per heavy atom. The van der Waals surface area contributed by atoms with Gasteiger partial charge in [0, 0.05) is 25.1 Å². The largest absolute Gasteiger partial charge is 0.356 e. The van der Waals surface area contributed by atoms with Crippen LogP contribution in [0.4, 0.5) is 0 Å². The second-order valence-electron chi connectivity index (χ2n) is 3.32. The highest BCUT2D eigenvalue weighted by molar-refractivity contribution is 7.20. The first-order chi connectivity index (χ1) is 6.66. The van der Waals surface area contributed by atoms with Gasteiger partial charge in [-0.05, 0) is 12.5 Å². The van der Waals surface area contributed by atoms with Gasteiger partial charge in [0.1, 0.15) is 0 Å². The van der Waals surface area contributed by atoms with E-state index in [9.17, 15) is 0 Å². The van der Waals surface area contributed by atoms with Crippen LogP contribution in [0.25, 0.3) is 0 Å². The SMILES string of the molecule is N=C1CCCN1Cc1cc(Cl)sc1Cl. The molecule has 76 valence electrons. The first kappa shape index (κ1) is 10.3. The lowest BCUT2D eigenvalue weighted by molar-refractivity contribution is 0.447. The maximum atomic E-state index is 7.69. The monoisotopic (exact) mass is 248 g/mol. The molecule has 0 saturated carbocycles. The van der Waals surface area contributed by atoms with Crippen LogP contribution in [0.3, 0.4) is 0 Å². The van der Waals surface area contributed by atoms with Gasteiger partial charge in [0.05, 0.1) is 14.5 Å². The minimum Gasteiger partial charge on any atom is -0.356 e. The summed E-state index contributed by atoms with van der Waals surface area (Å²) in [5.41, 5.74) is 1.04. The van der Waals surface area contributed by atoms with Crippen molar-refractivity contribution in [3.63, 3.8) is 0 Å². The van der Waals surface area contributed by atoms with Crippen LogP contribution in [-0.2, 0) is 6.54 Å². The zero-order chi connectivity index (χ0) is 10.1. The summed E-state index contributed by atoms with van der Waals surface area (Å²) >= 11 is 13.2. The van der Waals surface area contributed by atoms with E-state index in [4.69, 9.17) is 28.6 Å². The Bertz CT molecular complexity index is 362. The molecule has 1 aliphatic heterocycles. The third kappa shape index (κ3) is 2.05. The molecule has 0 radical (unpaired) electrons. The fourth-order valence-corrected chi connectivity index (χ4v) is 3.06. The molecule has 0 aromatic carbocycles. The number of hydrogen-bond acceptors (Lipinski definition) is 2. The summed E-state index contributed by atoms with van der Waals surface area (Å²) in [6.45, 7) is 1.68. The molecule has 2 rings (SSSR count). The van der Waals surface area contributed by atoms with E-state index in [1.54, 1.807) is 0 Å². The van der Waals surface area contributed by atoms with Gasteiger partial charge in [-0.3, -0.25) is 5.41 Å². The van der Waals surface area contributed by atoms with Crippen molar-refractivity contribution in [1.29, 1.82) is 5.41 Å². The van der Waals surface area contributed by atoms with Gasteiger partial charge in [-0.25, -0.2) is 0 Å². The van der Waals surface area contributed by atoms with Gasteiger partial charge in [0.15, 0.2) is 0 Å². The Morgan fingerprint density at radius 2 is 2.29 bits per heavy atom. The van der Waals surface area contributed by atoms with Crippen molar-refractivity contribution < 1.29 is 0 Å². The van der Waals surface area contributed by atoms with Crippen LogP contribution >= 0.6 is 34.5 Å². The van der Waals surface area contributed by atoms with E-state index in [1.807, 2.05) is 11.0 Å². The predicted octanol–water partition coefficient (Wildman–Crippen LogP) is 3.63. The molecule has 1 aliphatic rings. The van der Waals surface area contributed by atoms with Crippen molar-refractivity contribution in [3.05, 3.63) is 20.3 Å². The van der Waals surface area contributed by atoms with Gasteiger partial charge < -0.3 is 4.90 Å². The minimum atomic E-state index is 0.711. The number of nitrogens with zero attached hydrogens (tertiary/aromatic N) is 1. The lowest BCUT2D eigenvalue weighted by Crippen LogP contribution is -2.23. The van der Waals surface area contributed by atoms with Crippen LogP contribution in [0, 0.1) is 5.41 Å². The molecule has 5 heteroatoms. The van der Waals surface area contributed by atoms with E-state index >= 15 is 0 Å². The highest BCUT2D eigenvalue weighted by Gasteiger charge is 2.18. The highest BCUT2D eigenvalue weighted by Crippen LogP contribution is 2.32. The van der Waals surface area contributed by atoms with Gasteiger partial charge in [-0.15, -0.1) is 11.3 Å². The topological polar surface area (TPSA) is 27.1 Å². The van der Waals surface area contributed by atoms with E-state index < -0.39 is 0 Å². The maximum Gasteiger partial charge on any atom is 0.0994 e. The Morgan fingerprint density at radius 1 is 1.50 bits per heavy atom. The minimum absolute atomic E-state index is 0.711. The number of likely N-dealkylation sites (tertiary alicyclic amines) is 1. The maximum absolute atomic E-state index is 7.69. The molecule has 0 amide bonds. The molecule has 1 aromatic heterocycles. The van der Waals surface area contributed by atoms with Crippen molar-refractivity contribution in [3.8, 4) is 0 Å². The van der Waals surface area contributed by atoms with E-state index in [1.165, 1.54) is 11.3 Å². The summed E-state index contributed by atoms with van der Waals surface area (Å²) in [6.07, 6.45) is 1.96. The standard InChI is InChI=1S/C9H10Cl2N2S/c10-7-4-6(9(11)14-7)5-13-3-1-2-8(13)12/h4,12H,1-3,5H2. The molecular formula is C9H10Cl2N2S. The van der Waals surface area contributed by atoms with E-state index in [2.05, 4.69) is 0 Å². The number of amidine groups is 1. The molecule has 1 N–H and O–H groups in total. The third-order valence-corrected chi connectivity index (χ3v) is 3.88. The Hall–Kier alpha value is -0.250. The molecule has 0 atom stereocenters. The fraction of sp³-hybridized carbons (Fsp3) is 0.444. The lowest BCUT2D eigenvalue weighted by Gasteiger charge is -2.16. The Balaban J connectivity index is 2.10. The molecular weight excluding hydrogens is 239 g/mol. The normalized spacial score (nSPS) is 16.7. The van der Waals surface area contributed by atoms with Crippen molar-refractivity contribution in [2.24, 2.45) is 0 Å². The predicted molar refractivity (Wildman–Crippen MR) is 61.7 cm³/mol. The van der Waals surface area contributed by atoms with Crippen molar-refractivity contribution in [2.75, 3.05) is 6.54 Å². The highest BCUT2D eigenvalue weighted by atomic mass is 35.5. The molecule has 2 heterocycles. The van der Waals surface area contributed by atoms with Crippen LogP contribution in [0.2, 0.25) is 8.67 Å². The number of halogens is 2. The Kier molecular flexibility index (Phi) is 3.00. The zero-order valence-electron chi connectivity index (χ0n) is 7.52. The fourth-order valence-electron chi connectivity index (χ4n) is 1.59. The second-order valence-corrected chi connectivity index (χ2v) is 5.61. The first-order valence-corrected chi connectivity index (χ1v) is 6.00. The van der Waals surface area contributed by atoms with Crippen molar-refractivity contribution >= 4 is 40.4 Å². The van der Waals surface area contributed by atoms with Crippen molar-refractivity contribution in [1.82, 2.24) is 4.90 Å². The molecule has 0 bridgehead atoms. The smallest absolute Gasteiger partial charge is 0.0994 e. The summed E-state index contributed by atoms with van der Waals surface area (Å²) < 4.78 is 1.46. The second kappa shape index (κ2) is 4.09. The van der Waals surface area contributed by atoms with Crippen LogP contribution in [-0.4, -0.2) is 17.3 Å². The summed E-state index contributed by atoms with van der Waals surface area (Å²) in [6, 6.07) is 1.89. The number of nitrogens with one attached hydrogen (secondary N) is 1. The molecule has 2 nitrogen and oxygen atoms in total. The van der Waals surface area contributed by atoms with Gasteiger partial charge in [0.2, 0.25) is 0 Å². The summed E-state index contributed by atoms with van der Waals surface area (Å²) in [5, 5.41) is 7.69. The van der Waals surface area contributed by atoms with Crippen LogP contribution in [0.15, 0.2) is 6.07 Å². The molecule has 1 fully saturated rings. The van der Waals surface area contributed by atoms with E-state index in [0.29, 0.717) is 5.84 Å². The third-order valence-electron chi connectivity index (χ3n) is 2.31. The summed E-state index contributed by atoms with van der Waals surface area (Å²) in [5.74, 6) is 0.711. The summed E-state index contributed by atoms with van der Waals surface area (Å²) in [4.78, 5) is 2.05. The van der Waals surface area contributed by atoms with Gasteiger partial charge >= 0.3 is 0 Å².